The van der Waals surface area contributed by atoms with Crippen LogP contribution in [0.15, 0.2) is 0 Å². The predicted molar refractivity (Wildman–Crippen MR) is 60.1 cm³/mol. The monoisotopic (exact) mass is 186 g/mol. The zero-order valence-electron chi connectivity index (χ0n) is 9.93. The number of rotatable bonds is 7. The maximum atomic E-state index is 3.26. The van der Waals surface area contributed by atoms with Gasteiger partial charge in [0.15, 0.2) is 0 Å². The average Bonchev–Trinajstić information content (AvgIpc) is 2.15. The molecule has 0 fully saturated rings. The average molecular weight is 186 g/mol. The van der Waals surface area contributed by atoms with Crippen LogP contribution < -0.4 is 5.32 Å². The van der Waals surface area contributed by atoms with Crippen LogP contribution in [0.2, 0.25) is 0 Å². The molecule has 0 spiro atoms. The van der Waals surface area contributed by atoms with Crippen LogP contribution in [-0.4, -0.2) is 37.6 Å². The third-order valence-electron chi connectivity index (χ3n) is 2.98. The van der Waals surface area contributed by atoms with E-state index >= 15 is 0 Å². The number of nitrogens with zero attached hydrogens (tertiary/aromatic N) is 1. The minimum atomic E-state index is 0.658. The van der Waals surface area contributed by atoms with Crippen molar-refractivity contribution in [3.8, 4) is 0 Å². The first-order valence-corrected chi connectivity index (χ1v) is 5.49. The third kappa shape index (κ3) is 6.05. The van der Waals surface area contributed by atoms with Crippen molar-refractivity contribution >= 4 is 0 Å². The summed E-state index contributed by atoms with van der Waals surface area (Å²) in [5.74, 6) is 0. The van der Waals surface area contributed by atoms with Crippen molar-refractivity contribution in [3.05, 3.63) is 0 Å². The highest BCUT2D eigenvalue weighted by Gasteiger charge is 2.06. The second-order valence-corrected chi connectivity index (χ2v) is 4.07. The van der Waals surface area contributed by atoms with E-state index in [9.17, 15) is 0 Å². The number of hydrogen-bond donors (Lipinski definition) is 1. The summed E-state index contributed by atoms with van der Waals surface area (Å²) in [6.07, 6.45) is 3.82. The Morgan fingerprint density at radius 3 is 2.38 bits per heavy atom. The van der Waals surface area contributed by atoms with Crippen LogP contribution in [0.25, 0.3) is 0 Å². The Labute approximate surface area is 83.7 Å². The van der Waals surface area contributed by atoms with Crippen LogP contribution in [0.4, 0.5) is 0 Å². The topological polar surface area (TPSA) is 15.3 Å². The Hall–Kier alpha value is -0.0800. The lowest BCUT2D eigenvalue weighted by atomic mass is 10.1. The van der Waals surface area contributed by atoms with Crippen molar-refractivity contribution in [2.24, 2.45) is 0 Å². The fraction of sp³-hybridized carbons (Fsp3) is 1.00. The maximum Gasteiger partial charge on any atom is 0.00612 e. The van der Waals surface area contributed by atoms with Gasteiger partial charge in [0.25, 0.3) is 0 Å². The summed E-state index contributed by atoms with van der Waals surface area (Å²) in [5, 5.41) is 3.26. The van der Waals surface area contributed by atoms with Crippen LogP contribution >= 0.6 is 0 Å². The molecule has 80 valence electrons. The van der Waals surface area contributed by atoms with Gasteiger partial charge >= 0.3 is 0 Å². The molecule has 0 aromatic heterocycles. The van der Waals surface area contributed by atoms with Gasteiger partial charge in [-0.15, -0.1) is 0 Å². The van der Waals surface area contributed by atoms with E-state index in [0.29, 0.717) is 6.04 Å². The van der Waals surface area contributed by atoms with Crippen molar-refractivity contribution in [1.82, 2.24) is 10.2 Å². The highest BCUT2D eigenvalue weighted by Crippen LogP contribution is 2.03. The van der Waals surface area contributed by atoms with E-state index in [0.717, 1.165) is 6.04 Å². The molecule has 2 atom stereocenters. The van der Waals surface area contributed by atoms with Crippen LogP contribution in [0, 0.1) is 0 Å². The van der Waals surface area contributed by atoms with E-state index in [1.54, 1.807) is 0 Å². The SMILES string of the molecule is CCC(C)N(C)CCCC(C)NC. The molecule has 0 aromatic rings. The third-order valence-corrected chi connectivity index (χ3v) is 2.98. The van der Waals surface area contributed by atoms with Crippen LogP contribution in [0.3, 0.4) is 0 Å². The molecule has 0 rings (SSSR count). The molecule has 2 heteroatoms. The lowest BCUT2D eigenvalue weighted by Gasteiger charge is -2.23. The Balaban J connectivity index is 3.41. The van der Waals surface area contributed by atoms with Gasteiger partial charge in [-0.25, -0.2) is 0 Å². The lowest BCUT2D eigenvalue weighted by Crippen LogP contribution is -2.30. The summed E-state index contributed by atoms with van der Waals surface area (Å²) in [7, 11) is 4.25. The summed E-state index contributed by atoms with van der Waals surface area (Å²) in [6.45, 7) is 8.00. The number of hydrogen-bond acceptors (Lipinski definition) is 2. The molecule has 13 heavy (non-hydrogen) atoms. The van der Waals surface area contributed by atoms with E-state index in [2.05, 4.69) is 38.0 Å². The summed E-state index contributed by atoms with van der Waals surface area (Å²) in [4.78, 5) is 2.45. The Morgan fingerprint density at radius 2 is 1.92 bits per heavy atom. The van der Waals surface area contributed by atoms with Crippen molar-refractivity contribution < 1.29 is 0 Å². The normalized spacial score (nSPS) is 16.2. The second-order valence-electron chi connectivity index (χ2n) is 4.07. The largest absolute Gasteiger partial charge is 0.317 e. The highest BCUT2D eigenvalue weighted by atomic mass is 15.1. The van der Waals surface area contributed by atoms with Crippen LogP contribution in [-0.2, 0) is 0 Å². The smallest absolute Gasteiger partial charge is 0.00612 e. The number of nitrogens with one attached hydrogen (secondary N) is 1. The van der Waals surface area contributed by atoms with Gasteiger partial charge in [0.1, 0.15) is 0 Å². The summed E-state index contributed by atoms with van der Waals surface area (Å²) in [5.41, 5.74) is 0. The second kappa shape index (κ2) is 7.34. The van der Waals surface area contributed by atoms with Gasteiger partial charge in [0.05, 0.1) is 0 Å². The Kier molecular flexibility index (Phi) is 7.29. The first-order chi connectivity index (χ1) is 6.11. The Bertz CT molecular complexity index is 115. The van der Waals surface area contributed by atoms with Gasteiger partial charge < -0.3 is 10.2 Å². The maximum absolute atomic E-state index is 3.26. The molecule has 0 radical (unpaired) electrons. The van der Waals surface area contributed by atoms with E-state index in [4.69, 9.17) is 0 Å². The van der Waals surface area contributed by atoms with Crippen molar-refractivity contribution in [3.63, 3.8) is 0 Å². The molecule has 0 saturated heterocycles. The summed E-state index contributed by atoms with van der Waals surface area (Å²) >= 11 is 0. The quantitative estimate of drug-likeness (QED) is 0.655. The molecule has 2 nitrogen and oxygen atoms in total. The molecular weight excluding hydrogens is 160 g/mol. The molecule has 0 aliphatic carbocycles. The van der Waals surface area contributed by atoms with Gasteiger partial charge in [-0.2, -0.15) is 0 Å². The zero-order chi connectivity index (χ0) is 10.3. The van der Waals surface area contributed by atoms with Crippen LogP contribution in [0.1, 0.15) is 40.0 Å². The molecule has 1 N–H and O–H groups in total. The first kappa shape index (κ1) is 12.9. The fourth-order valence-corrected chi connectivity index (χ4v) is 1.32. The predicted octanol–water partition coefficient (Wildman–Crippen LogP) is 2.10. The molecule has 0 saturated carbocycles. The van der Waals surface area contributed by atoms with Crippen molar-refractivity contribution in [1.29, 1.82) is 0 Å². The molecular formula is C11H26N2. The van der Waals surface area contributed by atoms with E-state index in [-0.39, 0.29) is 0 Å². The Morgan fingerprint density at radius 1 is 1.31 bits per heavy atom. The zero-order valence-corrected chi connectivity index (χ0v) is 9.93. The van der Waals surface area contributed by atoms with Gasteiger partial charge in [-0.3, -0.25) is 0 Å². The minimum absolute atomic E-state index is 0.658. The molecule has 0 bridgehead atoms. The summed E-state index contributed by atoms with van der Waals surface area (Å²) < 4.78 is 0. The van der Waals surface area contributed by atoms with Crippen LogP contribution in [0.5, 0.6) is 0 Å². The van der Waals surface area contributed by atoms with E-state index in [1.165, 1.54) is 25.8 Å². The van der Waals surface area contributed by atoms with Gasteiger partial charge in [-0.1, -0.05) is 6.92 Å². The molecule has 0 aromatic carbocycles. The standard InChI is InChI=1S/C11H26N2/c1-6-11(3)13(5)9-7-8-10(2)12-4/h10-12H,6-9H2,1-5H3. The molecule has 0 amide bonds. The van der Waals surface area contributed by atoms with Gasteiger partial charge in [0, 0.05) is 12.1 Å². The lowest BCUT2D eigenvalue weighted by molar-refractivity contribution is 0.244. The van der Waals surface area contributed by atoms with Gasteiger partial charge in [-0.05, 0) is 53.8 Å². The van der Waals surface area contributed by atoms with E-state index < -0.39 is 0 Å². The molecule has 0 aliphatic heterocycles. The van der Waals surface area contributed by atoms with Crippen molar-refractivity contribution in [2.45, 2.75) is 52.1 Å². The van der Waals surface area contributed by atoms with Gasteiger partial charge in [0.2, 0.25) is 0 Å². The minimum Gasteiger partial charge on any atom is -0.317 e. The first-order valence-electron chi connectivity index (χ1n) is 5.49. The van der Waals surface area contributed by atoms with Crippen molar-refractivity contribution in [2.75, 3.05) is 20.6 Å². The molecule has 0 heterocycles. The fourth-order valence-electron chi connectivity index (χ4n) is 1.32. The molecule has 2 unspecified atom stereocenters. The van der Waals surface area contributed by atoms with E-state index in [1.807, 2.05) is 7.05 Å². The highest BCUT2D eigenvalue weighted by molar-refractivity contribution is 4.63. The molecule has 0 aliphatic rings. The summed E-state index contributed by atoms with van der Waals surface area (Å²) in [6, 6.07) is 1.38.